The summed E-state index contributed by atoms with van der Waals surface area (Å²) in [5.41, 5.74) is 2.07. The Labute approximate surface area is 203 Å². The van der Waals surface area contributed by atoms with Crippen LogP contribution in [0.5, 0.6) is 0 Å². The number of nitrogens with zero attached hydrogens (tertiary/aromatic N) is 2. The number of aromatic nitrogens is 1. The van der Waals surface area contributed by atoms with Crippen molar-refractivity contribution in [2.24, 2.45) is 7.05 Å². The maximum Gasteiger partial charge on any atom is 0.314 e. The average Bonchev–Trinajstić information content (AvgIpc) is 2.85. The summed E-state index contributed by atoms with van der Waals surface area (Å²) in [5, 5.41) is 0.615. The molecule has 34 heavy (non-hydrogen) atoms. The van der Waals surface area contributed by atoms with Crippen molar-refractivity contribution in [3.05, 3.63) is 105 Å². The first-order valence-corrected chi connectivity index (χ1v) is 11.7. The van der Waals surface area contributed by atoms with E-state index in [1.165, 1.54) is 10.6 Å². The molecule has 1 aliphatic heterocycles. The molecule has 1 unspecified atom stereocenters. The molecule has 1 amide bonds. The standard InChI is InChI=1S/C27H27ClN2O4/c1-29-14-11-21(18-25(29)31)26(32)30-15-12-23(13-16-30)34-27(33)24(17-19-5-3-2-4-6-19)20-7-9-22(28)10-8-20/h2-11,14,18,23-24H,12-13,15-17H2,1H3. The molecule has 3 aromatic rings. The van der Waals surface area contributed by atoms with Crippen molar-refractivity contribution in [2.75, 3.05) is 13.1 Å². The number of carbonyl (C=O) groups is 2. The molecule has 4 rings (SSSR count). The molecule has 1 atom stereocenters. The average molecular weight is 479 g/mol. The molecule has 1 aliphatic rings. The minimum Gasteiger partial charge on any atom is -0.462 e. The van der Waals surface area contributed by atoms with Gasteiger partial charge < -0.3 is 14.2 Å². The topological polar surface area (TPSA) is 68.6 Å². The van der Waals surface area contributed by atoms with Crippen molar-refractivity contribution in [3.8, 4) is 0 Å². The fourth-order valence-electron chi connectivity index (χ4n) is 4.17. The molecule has 0 aliphatic carbocycles. The van der Waals surface area contributed by atoms with Crippen LogP contribution in [-0.2, 0) is 23.0 Å². The Morgan fingerprint density at radius 1 is 1.03 bits per heavy atom. The third kappa shape index (κ3) is 5.75. The van der Waals surface area contributed by atoms with Crippen LogP contribution >= 0.6 is 11.6 Å². The molecule has 0 bridgehead atoms. The van der Waals surface area contributed by atoms with E-state index in [0.29, 0.717) is 42.9 Å². The van der Waals surface area contributed by atoms with E-state index < -0.39 is 5.92 Å². The number of benzene rings is 2. The molecule has 7 heteroatoms. The minimum absolute atomic E-state index is 0.175. The fraction of sp³-hybridized carbons (Fsp3) is 0.296. The van der Waals surface area contributed by atoms with Gasteiger partial charge >= 0.3 is 5.97 Å². The Balaban J connectivity index is 1.40. The summed E-state index contributed by atoms with van der Waals surface area (Å²) in [6.07, 6.45) is 2.97. The van der Waals surface area contributed by atoms with E-state index in [1.807, 2.05) is 42.5 Å². The second kappa shape index (κ2) is 10.7. The number of esters is 1. The largest absolute Gasteiger partial charge is 0.462 e. The first kappa shape index (κ1) is 23.8. The molecule has 1 aromatic heterocycles. The third-order valence-corrected chi connectivity index (χ3v) is 6.45. The van der Waals surface area contributed by atoms with Gasteiger partial charge in [0, 0.05) is 55.8 Å². The van der Waals surface area contributed by atoms with Crippen molar-refractivity contribution in [2.45, 2.75) is 31.3 Å². The molecule has 6 nitrogen and oxygen atoms in total. The summed E-state index contributed by atoms with van der Waals surface area (Å²) >= 11 is 6.04. The Kier molecular flexibility index (Phi) is 7.48. The van der Waals surface area contributed by atoms with Crippen LogP contribution in [0.2, 0.25) is 5.02 Å². The lowest BCUT2D eigenvalue weighted by atomic mass is 9.92. The molecule has 2 aromatic carbocycles. The van der Waals surface area contributed by atoms with Crippen LogP contribution in [-0.4, -0.2) is 40.5 Å². The molecule has 1 saturated heterocycles. The van der Waals surface area contributed by atoms with Crippen LogP contribution in [0.25, 0.3) is 0 Å². The van der Waals surface area contributed by atoms with Crippen LogP contribution in [0.4, 0.5) is 0 Å². The zero-order chi connectivity index (χ0) is 24.1. The fourth-order valence-corrected chi connectivity index (χ4v) is 4.30. The summed E-state index contributed by atoms with van der Waals surface area (Å²) in [5.74, 6) is -0.895. The lowest BCUT2D eigenvalue weighted by molar-refractivity contribution is -0.152. The van der Waals surface area contributed by atoms with Crippen LogP contribution in [0, 0.1) is 0 Å². The lowest BCUT2D eigenvalue weighted by Crippen LogP contribution is -2.42. The Bertz CT molecular complexity index is 1200. The number of hydrogen-bond acceptors (Lipinski definition) is 4. The van der Waals surface area contributed by atoms with E-state index in [1.54, 1.807) is 36.3 Å². The summed E-state index contributed by atoms with van der Waals surface area (Å²) in [4.78, 5) is 39.6. The number of rotatable bonds is 6. The van der Waals surface area contributed by atoms with Gasteiger partial charge in [-0.1, -0.05) is 54.1 Å². The number of likely N-dealkylation sites (tertiary alicyclic amines) is 1. The number of ether oxygens (including phenoxy) is 1. The lowest BCUT2D eigenvalue weighted by Gasteiger charge is -2.32. The van der Waals surface area contributed by atoms with Crippen molar-refractivity contribution in [1.29, 1.82) is 0 Å². The Hall–Kier alpha value is -3.38. The van der Waals surface area contributed by atoms with Gasteiger partial charge in [-0.3, -0.25) is 14.4 Å². The molecule has 176 valence electrons. The summed E-state index contributed by atoms with van der Waals surface area (Å²) < 4.78 is 7.34. The van der Waals surface area contributed by atoms with Crippen LogP contribution in [0.3, 0.4) is 0 Å². The van der Waals surface area contributed by atoms with Crippen LogP contribution in [0.15, 0.2) is 77.7 Å². The van der Waals surface area contributed by atoms with Crippen molar-refractivity contribution in [3.63, 3.8) is 0 Å². The summed E-state index contributed by atoms with van der Waals surface area (Å²) in [7, 11) is 1.64. The predicted octanol–water partition coefficient (Wildman–Crippen LogP) is 4.21. The van der Waals surface area contributed by atoms with Crippen molar-refractivity contribution < 1.29 is 14.3 Å². The van der Waals surface area contributed by atoms with Gasteiger partial charge in [-0.25, -0.2) is 0 Å². The first-order chi connectivity index (χ1) is 16.4. The monoisotopic (exact) mass is 478 g/mol. The van der Waals surface area contributed by atoms with E-state index in [0.717, 1.165) is 11.1 Å². The number of pyridine rings is 1. The molecule has 0 radical (unpaired) electrons. The molecule has 1 fully saturated rings. The number of hydrogen-bond donors (Lipinski definition) is 0. The SMILES string of the molecule is Cn1ccc(C(=O)N2CCC(OC(=O)C(Cc3ccccc3)c3ccc(Cl)cc3)CC2)cc1=O. The van der Waals surface area contributed by atoms with E-state index >= 15 is 0 Å². The number of halogens is 1. The number of piperidine rings is 1. The smallest absolute Gasteiger partial charge is 0.314 e. The van der Waals surface area contributed by atoms with Crippen molar-refractivity contribution >= 4 is 23.5 Å². The highest BCUT2D eigenvalue weighted by Crippen LogP contribution is 2.26. The minimum atomic E-state index is -0.445. The normalized spacial score (nSPS) is 15.1. The van der Waals surface area contributed by atoms with Gasteiger partial charge in [0.15, 0.2) is 0 Å². The van der Waals surface area contributed by atoms with Gasteiger partial charge in [-0.2, -0.15) is 0 Å². The number of amides is 1. The molecule has 0 saturated carbocycles. The predicted molar refractivity (Wildman–Crippen MR) is 131 cm³/mol. The van der Waals surface area contributed by atoms with Gasteiger partial charge in [-0.15, -0.1) is 0 Å². The summed E-state index contributed by atoms with van der Waals surface area (Å²) in [6, 6.07) is 20.1. The highest BCUT2D eigenvalue weighted by molar-refractivity contribution is 6.30. The molecule has 0 spiro atoms. The highest BCUT2D eigenvalue weighted by atomic mass is 35.5. The van der Waals surface area contributed by atoms with Gasteiger partial charge in [0.05, 0.1) is 5.92 Å². The van der Waals surface area contributed by atoms with E-state index in [9.17, 15) is 14.4 Å². The van der Waals surface area contributed by atoms with Crippen LogP contribution < -0.4 is 5.56 Å². The number of aryl methyl sites for hydroxylation is 1. The highest BCUT2D eigenvalue weighted by Gasteiger charge is 2.29. The molecule has 0 N–H and O–H groups in total. The molecular formula is C27H27ClN2O4. The third-order valence-electron chi connectivity index (χ3n) is 6.20. The Morgan fingerprint density at radius 3 is 2.35 bits per heavy atom. The first-order valence-electron chi connectivity index (χ1n) is 11.4. The van der Waals surface area contributed by atoms with E-state index in [-0.39, 0.29) is 23.5 Å². The van der Waals surface area contributed by atoms with Gasteiger partial charge in [0.25, 0.3) is 11.5 Å². The Morgan fingerprint density at radius 2 is 1.71 bits per heavy atom. The van der Waals surface area contributed by atoms with Crippen LogP contribution in [0.1, 0.15) is 40.2 Å². The van der Waals surface area contributed by atoms with Gasteiger partial charge in [0.2, 0.25) is 0 Å². The molecule has 2 heterocycles. The van der Waals surface area contributed by atoms with Gasteiger partial charge in [0.1, 0.15) is 6.10 Å². The quantitative estimate of drug-likeness (QED) is 0.497. The van der Waals surface area contributed by atoms with Gasteiger partial charge in [-0.05, 0) is 35.7 Å². The second-order valence-electron chi connectivity index (χ2n) is 8.59. The van der Waals surface area contributed by atoms with Crippen molar-refractivity contribution in [1.82, 2.24) is 9.47 Å². The number of carbonyl (C=O) groups excluding carboxylic acids is 2. The van der Waals surface area contributed by atoms with E-state index in [2.05, 4.69) is 0 Å². The second-order valence-corrected chi connectivity index (χ2v) is 9.02. The zero-order valence-electron chi connectivity index (χ0n) is 19.0. The zero-order valence-corrected chi connectivity index (χ0v) is 19.8. The summed E-state index contributed by atoms with van der Waals surface area (Å²) in [6.45, 7) is 0.937. The molecular weight excluding hydrogens is 452 g/mol. The van der Waals surface area contributed by atoms with E-state index in [4.69, 9.17) is 16.3 Å². The maximum atomic E-state index is 13.2. The maximum absolute atomic E-state index is 13.2.